The minimum Gasteiger partial charge on any atom is -0.481 e. The Morgan fingerprint density at radius 1 is 1.15 bits per heavy atom. The van der Waals surface area contributed by atoms with Gasteiger partial charge in [0.1, 0.15) is 12.1 Å². The fraction of sp³-hybridized carbons (Fsp3) is 0.333. The lowest BCUT2D eigenvalue weighted by atomic mass is 9.74. The predicted molar refractivity (Wildman–Crippen MR) is 96.2 cm³/mol. The number of nitrogens with zero attached hydrogens (tertiary/aromatic N) is 1. The molecule has 0 aliphatic carbocycles. The summed E-state index contributed by atoms with van der Waals surface area (Å²) in [6, 6.07) is 15.5. The molecule has 3 rings (SSSR count). The summed E-state index contributed by atoms with van der Waals surface area (Å²) < 4.78 is 13.2. The Morgan fingerprint density at radius 3 is 2.46 bits per heavy atom. The molecule has 0 spiro atoms. The van der Waals surface area contributed by atoms with Crippen LogP contribution < -0.4 is 0 Å². The number of benzene rings is 2. The van der Waals surface area contributed by atoms with E-state index in [9.17, 15) is 19.1 Å². The lowest BCUT2D eigenvalue weighted by Crippen LogP contribution is -2.49. The van der Waals surface area contributed by atoms with E-state index in [-0.39, 0.29) is 24.1 Å². The summed E-state index contributed by atoms with van der Waals surface area (Å²) in [7, 11) is 0. The van der Waals surface area contributed by atoms with Crippen molar-refractivity contribution in [3.8, 4) is 0 Å². The van der Waals surface area contributed by atoms with E-state index in [1.807, 2.05) is 30.3 Å². The maximum Gasteiger partial charge on any atom is 0.303 e. The number of hydrogen-bond donors (Lipinski definition) is 1. The molecule has 5 heteroatoms. The lowest BCUT2D eigenvalue weighted by Gasteiger charge is -2.43. The van der Waals surface area contributed by atoms with Crippen LogP contribution in [-0.2, 0) is 16.1 Å². The summed E-state index contributed by atoms with van der Waals surface area (Å²) in [5, 5.41) is 9.37. The third kappa shape index (κ3) is 4.17. The maximum atomic E-state index is 13.2. The molecule has 1 N–H and O–H groups in total. The molecule has 0 radical (unpaired) electrons. The van der Waals surface area contributed by atoms with Gasteiger partial charge in [-0.15, -0.1) is 0 Å². The van der Waals surface area contributed by atoms with Crippen molar-refractivity contribution < 1.29 is 19.1 Å². The molecule has 0 saturated carbocycles. The monoisotopic (exact) mass is 355 g/mol. The molecule has 0 aromatic heterocycles. The van der Waals surface area contributed by atoms with E-state index in [1.54, 1.807) is 12.1 Å². The Bertz CT molecular complexity index is 748. The first-order valence-corrected chi connectivity index (χ1v) is 8.79. The van der Waals surface area contributed by atoms with Crippen molar-refractivity contribution in [2.75, 3.05) is 6.54 Å². The molecule has 1 aliphatic heterocycles. The molecule has 26 heavy (non-hydrogen) atoms. The molecule has 1 saturated heterocycles. The number of carbonyl (C=O) groups excluding carboxylic acids is 1. The number of halogens is 1. The molecular formula is C21H22FNO3. The van der Waals surface area contributed by atoms with Crippen LogP contribution in [0.25, 0.3) is 0 Å². The molecule has 2 unspecified atom stereocenters. The molecule has 3 atom stereocenters. The van der Waals surface area contributed by atoms with Gasteiger partial charge in [-0.25, -0.2) is 4.39 Å². The Balaban J connectivity index is 1.86. The van der Waals surface area contributed by atoms with Gasteiger partial charge in [0.05, 0.1) is 12.5 Å². The van der Waals surface area contributed by atoms with Gasteiger partial charge in [0.25, 0.3) is 0 Å². The first-order chi connectivity index (χ1) is 12.6. The summed E-state index contributed by atoms with van der Waals surface area (Å²) in [6.45, 7) is 1.30. The number of hydrogen-bond acceptors (Lipinski definition) is 3. The summed E-state index contributed by atoms with van der Waals surface area (Å²) >= 11 is 0. The summed E-state index contributed by atoms with van der Waals surface area (Å²) in [5.41, 5.74) is 1.98. The van der Waals surface area contributed by atoms with Crippen LogP contribution in [0, 0.1) is 11.7 Å². The minimum absolute atomic E-state index is 0.0751. The second-order valence-corrected chi connectivity index (χ2v) is 6.79. The second kappa shape index (κ2) is 8.23. The van der Waals surface area contributed by atoms with Gasteiger partial charge < -0.3 is 9.90 Å². The number of aldehydes is 1. The molecule has 4 nitrogen and oxygen atoms in total. The smallest absolute Gasteiger partial charge is 0.303 e. The van der Waals surface area contributed by atoms with Crippen LogP contribution in [0.1, 0.15) is 29.9 Å². The third-order valence-corrected chi connectivity index (χ3v) is 5.18. The SMILES string of the molecule is O=CC1C(CC(=O)O)[C@H](c2ccc(F)cc2)CCN1Cc1ccccc1. The van der Waals surface area contributed by atoms with E-state index in [4.69, 9.17) is 0 Å². The van der Waals surface area contributed by atoms with E-state index in [0.29, 0.717) is 13.1 Å². The largest absolute Gasteiger partial charge is 0.481 e. The van der Waals surface area contributed by atoms with Crippen LogP contribution >= 0.6 is 0 Å². The van der Waals surface area contributed by atoms with E-state index in [0.717, 1.165) is 23.8 Å². The van der Waals surface area contributed by atoms with E-state index >= 15 is 0 Å². The fourth-order valence-electron chi connectivity index (χ4n) is 3.95. The van der Waals surface area contributed by atoms with E-state index in [1.165, 1.54) is 12.1 Å². The average molecular weight is 355 g/mol. The highest BCUT2D eigenvalue weighted by Gasteiger charge is 2.39. The Hall–Kier alpha value is -2.53. The molecule has 1 fully saturated rings. The Morgan fingerprint density at radius 2 is 1.85 bits per heavy atom. The van der Waals surface area contributed by atoms with Crippen molar-refractivity contribution in [3.05, 3.63) is 71.5 Å². The van der Waals surface area contributed by atoms with Gasteiger partial charge in [-0.1, -0.05) is 42.5 Å². The second-order valence-electron chi connectivity index (χ2n) is 6.79. The zero-order valence-electron chi connectivity index (χ0n) is 14.4. The number of carboxylic acids is 1. The van der Waals surface area contributed by atoms with Gasteiger partial charge in [0.2, 0.25) is 0 Å². The molecule has 1 heterocycles. The highest BCUT2D eigenvalue weighted by Crippen LogP contribution is 2.39. The van der Waals surface area contributed by atoms with Gasteiger partial charge in [-0.2, -0.15) is 0 Å². The topological polar surface area (TPSA) is 57.6 Å². The number of aliphatic carboxylic acids is 1. The molecule has 2 aromatic carbocycles. The van der Waals surface area contributed by atoms with E-state index < -0.39 is 12.0 Å². The highest BCUT2D eigenvalue weighted by atomic mass is 19.1. The van der Waals surface area contributed by atoms with Crippen LogP contribution in [-0.4, -0.2) is 34.8 Å². The van der Waals surface area contributed by atoms with Crippen molar-refractivity contribution in [1.82, 2.24) is 4.90 Å². The zero-order valence-corrected chi connectivity index (χ0v) is 14.4. The Kier molecular flexibility index (Phi) is 5.78. The molecule has 136 valence electrons. The van der Waals surface area contributed by atoms with Crippen molar-refractivity contribution >= 4 is 12.3 Å². The molecule has 1 aliphatic rings. The van der Waals surface area contributed by atoms with Crippen LogP contribution in [0.15, 0.2) is 54.6 Å². The summed E-state index contributed by atoms with van der Waals surface area (Å²) in [4.78, 5) is 25.4. The van der Waals surface area contributed by atoms with Crippen LogP contribution in [0.5, 0.6) is 0 Å². The molecule has 2 aromatic rings. The number of piperidine rings is 1. The number of carbonyl (C=O) groups is 2. The van der Waals surface area contributed by atoms with Gasteiger partial charge in [0.15, 0.2) is 0 Å². The zero-order chi connectivity index (χ0) is 18.5. The summed E-state index contributed by atoms with van der Waals surface area (Å²) in [5.74, 6) is -1.66. The molecule has 0 amide bonds. The van der Waals surface area contributed by atoms with Gasteiger partial charge in [-0.05, 0) is 48.1 Å². The lowest BCUT2D eigenvalue weighted by molar-refractivity contribution is -0.139. The van der Waals surface area contributed by atoms with Crippen LogP contribution in [0.3, 0.4) is 0 Å². The number of likely N-dealkylation sites (tertiary alicyclic amines) is 1. The molecule has 0 bridgehead atoms. The standard InChI is InChI=1S/C21H22FNO3/c22-17-8-6-16(7-9-17)18-10-11-23(13-15-4-2-1-3-5-15)20(14-24)19(18)12-21(25)26/h1-9,14,18-20H,10-13H2,(H,25,26)/t18-,19?,20?/m0/s1. The van der Waals surface area contributed by atoms with Gasteiger partial charge in [0, 0.05) is 6.54 Å². The van der Waals surface area contributed by atoms with Crippen molar-refractivity contribution in [3.63, 3.8) is 0 Å². The van der Waals surface area contributed by atoms with Crippen LogP contribution in [0.2, 0.25) is 0 Å². The van der Waals surface area contributed by atoms with Crippen LogP contribution in [0.4, 0.5) is 4.39 Å². The number of rotatable bonds is 6. The van der Waals surface area contributed by atoms with Gasteiger partial charge in [-0.3, -0.25) is 9.69 Å². The highest BCUT2D eigenvalue weighted by molar-refractivity contribution is 5.69. The van der Waals surface area contributed by atoms with Crippen molar-refractivity contribution in [2.45, 2.75) is 31.3 Å². The maximum absolute atomic E-state index is 13.2. The fourth-order valence-corrected chi connectivity index (χ4v) is 3.95. The predicted octanol–water partition coefficient (Wildman–Crippen LogP) is 3.47. The Labute approximate surface area is 152 Å². The van der Waals surface area contributed by atoms with Crippen molar-refractivity contribution in [2.24, 2.45) is 5.92 Å². The third-order valence-electron chi connectivity index (χ3n) is 5.18. The minimum atomic E-state index is -0.921. The van der Waals surface area contributed by atoms with Gasteiger partial charge >= 0.3 is 5.97 Å². The normalized spacial score (nSPS) is 23.5. The van der Waals surface area contributed by atoms with E-state index in [2.05, 4.69) is 4.90 Å². The quantitative estimate of drug-likeness (QED) is 0.806. The number of carboxylic acid groups (broad SMARTS) is 1. The first kappa shape index (κ1) is 18.3. The first-order valence-electron chi connectivity index (χ1n) is 8.79. The summed E-state index contributed by atoms with van der Waals surface area (Å²) in [6.07, 6.45) is 1.52. The average Bonchev–Trinajstić information content (AvgIpc) is 2.63. The van der Waals surface area contributed by atoms with Crippen molar-refractivity contribution in [1.29, 1.82) is 0 Å². The molecular weight excluding hydrogens is 333 g/mol.